The third-order valence-corrected chi connectivity index (χ3v) is 1.92. The quantitative estimate of drug-likeness (QED) is 0.579. The first kappa shape index (κ1) is 9.01. The van der Waals surface area contributed by atoms with Crippen molar-refractivity contribution in [2.75, 3.05) is 19.8 Å². The standard InChI is InChI=1S/C9H17O2/c1-2-3-6-11-9-4-7-10-8-5-9/h9H,1-8H2. The summed E-state index contributed by atoms with van der Waals surface area (Å²) in [5.41, 5.74) is 0. The Hall–Kier alpha value is -0.0800. The van der Waals surface area contributed by atoms with Gasteiger partial charge >= 0.3 is 0 Å². The lowest BCUT2D eigenvalue weighted by molar-refractivity contribution is -0.0321. The molecule has 1 radical (unpaired) electrons. The van der Waals surface area contributed by atoms with E-state index in [-0.39, 0.29) is 0 Å². The fraction of sp³-hybridized carbons (Fsp3) is 0.889. The van der Waals surface area contributed by atoms with Crippen molar-refractivity contribution in [1.82, 2.24) is 0 Å². The van der Waals surface area contributed by atoms with E-state index in [1.165, 1.54) is 0 Å². The predicted octanol–water partition coefficient (Wildman–Crippen LogP) is 1.80. The van der Waals surface area contributed by atoms with E-state index in [9.17, 15) is 0 Å². The Morgan fingerprint density at radius 3 is 2.73 bits per heavy atom. The molecule has 2 nitrogen and oxygen atoms in total. The zero-order chi connectivity index (χ0) is 7.94. The van der Waals surface area contributed by atoms with Gasteiger partial charge in [-0.25, -0.2) is 0 Å². The number of hydrogen-bond donors (Lipinski definition) is 0. The van der Waals surface area contributed by atoms with E-state index in [0.717, 1.165) is 45.5 Å². The van der Waals surface area contributed by atoms with Crippen molar-refractivity contribution in [1.29, 1.82) is 0 Å². The summed E-state index contributed by atoms with van der Waals surface area (Å²) >= 11 is 0. The zero-order valence-corrected chi connectivity index (χ0v) is 7.05. The highest BCUT2D eigenvalue weighted by atomic mass is 16.5. The molecule has 0 N–H and O–H groups in total. The Balaban J connectivity index is 1.96. The maximum absolute atomic E-state index is 5.60. The van der Waals surface area contributed by atoms with E-state index in [1.54, 1.807) is 0 Å². The lowest BCUT2D eigenvalue weighted by Crippen LogP contribution is -2.23. The summed E-state index contributed by atoms with van der Waals surface area (Å²) in [4.78, 5) is 0. The molecule has 1 heterocycles. The number of unbranched alkanes of at least 4 members (excludes halogenated alkanes) is 1. The molecule has 0 atom stereocenters. The van der Waals surface area contributed by atoms with Gasteiger partial charge in [-0.1, -0.05) is 13.3 Å². The summed E-state index contributed by atoms with van der Waals surface area (Å²) in [5, 5.41) is 0. The van der Waals surface area contributed by atoms with Crippen molar-refractivity contribution in [3.05, 3.63) is 6.92 Å². The van der Waals surface area contributed by atoms with Crippen molar-refractivity contribution < 1.29 is 9.47 Å². The smallest absolute Gasteiger partial charge is 0.0619 e. The summed E-state index contributed by atoms with van der Waals surface area (Å²) in [5.74, 6) is 0. The van der Waals surface area contributed by atoms with Gasteiger partial charge in [0.05, 0.1) is 6.10 Å². The van der Waals surface area contributed by atoms with Crippen LogP contribution in [0, 0.1) is 6.92 Å². The monoisotopic (exact) mass is 157 g/mol. The van der Waals surface area contributed by atoms with Gasteiger partial charge in [0.1, 0.15) is 0 Å². The molecule has 0 aromatic carbocycles. The van der Waals surface area contributed by atoms with E-state index in [1.807, 2.05) is 0 Å². The molecule has 2 heteroatoms. The molecule has 1 aliphatic heterocycles. The highest BCUT2D eigenvalue weighted by molar-refractivity contribution is 4.62. The number of ether oxygens (including phenoxy) is 2. The van der Waals surface area contributed by atoms with Crippen molar-refractivity contribution in [3.8, 4) is 0 Å². The largest absolute Gasteiger partial charge is 0.381 e. The molecule has 0 spiro atoms. The van der Waals surface area contributed by atoms with Crippen LogP contribution in [0.5, 0.6) is 0 Å². The molecule has 1 saturated heterocycles. The third kappa shape index (κ3) is 3.73. The molecule has 11 heavy (non-hydrogen) atoms. The first-order chi connectivity index (χ1) is 5.43. The molecule has 0 aromatic heterocycles. The first-order valence-electron chi connectivity index (χ1n) is 4.42. The van der Waals surface area contributed by atoms with Gasteiger partial charge in [0.15, 0.2) is 0 Å². The second-order valence-corrected chi connectivity index (χ2v) is 2.89. The second kappa shape index (κ2) is 5.56. The van der Waals surface area contributed by atoms with Gasteiger partial charge in [-0.05, 0) is 19.3 Å². The van der Waals surface area contributed by atoms with Crippen molar-refractivity contribution in [2.45, 2.75) is 31.8 Å². The Morgan fingerprint density at radius 1 is 1.36 bits per heavy atom. The van der Waals surface area contributed by atoms with Crippen LogP contribution >= 0.6 is 0 Å². The highest BCUT2D eigenvalue weighted by Gasteiger charge is 2.12. The lowest BCUT2D eigenvalue weighted by atomic mass is 10.1. The zero-order valence-electron chi connectivity index (χ0n) is 7.05. The minimum Gasteiger partial charge on any atom is -0.381 e. The van der Waals surface area contributed by atoms with E-state index in [2.05, 4.69) is 6.92 Å². The topological polar surface area (TPSA) is 18.5 Å². The Morgan fingerprint density at radius 2 is 2.09 bits per heavy atom. The summed E-state index contributed by atoms with van der Waals surface area (Å²) in [7, 11) is 0. The van der Waals surface area contributed by atoms with Crippen LogP contribution in [0.15, 0.2) is 0 Å². The molecule has 1 aliphatic rings. The van der Waals surface area contributed by atoms with Crippen LogP contribution in [0.2, 0.25) is 0 Å². The first-order valence-corrected chi connectivity index (χ1v) is 4.42. The molecule has 1 rings (SSSR count). The normalized spacial score (nSPS) is 20.5. The van der Waals surface area contributed by atoms with Crippen molar-refractivity contribution in [3.63, 3.8) is 0 Å². The molecule has 0 amide bonds. The second-order valence-electron chi connectivity index (χ2n) is 2.89. The van der Waals surface area contributed by atoms with Crippen LogP contribution in [-0.4, -0.2) is 25.9 Å². The summed E-state index contributed by atoms with van der Waals surface area (Å²) in [6.45, 7) is 6.37. The lowest BCUT2D eigenvalue weighted by Gasteiger charge is -2.22. The molecular formula is C9H17O2. The van der Waals surface area contributed by atoms with Gasteiger partial charge in [-0.2, -0.15) is 0 Å². The molecule has 65 valence electrons. The highest BCUT2D eigenvalue weighted by Crippen LogP contribution is 2.10. The Bertz CT molecular complexity index is 87.6. The van der Waals surface area contributed by atoms with Gasteiger partial charge in [0, 0.05) is 19.8 Å². The molecule has 0 saturated carbocycles. The minimum absolute atomic E-state index is 0.454. The predicted molar refractivity (Wildman–Crippen MR) is 44.4 cm³/mol. The van der Waals surface area contributed by atoms with Crippen LogP contribution in [0.25, 0.3) is 0 Å². The summed E-state index contributed by atoms with van der Waals surface area (Å²) < 4.78 is 10.8. The van der Waals surface area contributed by atoms with Gasteiger partial charge in [0.25, 0.3) is 0 Å². The summed E-state index contributed by atoms with van der Waals surface area (Å²) in [6.07, 6.45) is 4.64. The minimum atomic E-state index is 0.454. The van der Waals surface area contributed by atoms with E-state index in [4.69, 9.17) is 9.47 Å². The third-order valence-electron chi connectivity index (χ3n) is 1.92. The van der Waals surface area contributed by atoms with Crippen LogP contribution < -0.4 is 0 Å². The van der Waals surface area contributed by atoms with Gasteiger partial charge in [0.2, 0.25) is 0 Å². The van der Waals surface area contributed by atoms with Gasteiger partial charge in [-0.3, -0.25) is 0 Å². The Labute approximate surface area is 68.9 Å². The molecule has 0 bridgehead atoms. The van der Waals surface area contributed by atoms with Crippen molar-refractivity contribution >= 4 is 0 Å². The fourth-order valence-corrected chi connectivity index (χ4v) is 1.19. The molecule has 1 fully saturated rings. The number of rotatable bonds is 4. The molecule has 0 aliphatic carbocycles. The Kier molecular flexibility index (Phi) is 4.55. The van der Waals surface area contributed by atoms with E-state index < -0.39 is 0 Å². The number of hydrogen-bond acceptors (Lipinski definition) is 2. The maximum atomic E-state index is 5.60. The molecule has 0 aromatic rings. The summed E-state index contributed by atoms with van der Waals surface area (Å²) in [6, 6.07) is 0. The SMILES string of the molecule is [CH2]CCCOC1CCOCC1. The van der Waals surface area contributed by atoms with Crippen molar-refractivity contribution in [2.24, 2.45) is 0 Å². The van der Waals surface area contributed by atoms with Crippen LogP contribution in [0.3, 0.4) is 0 Å². The maximum Gasteiger partial charge on any atom is 0.0619 e. The van der Waals surface area contributed by atoms with E-state index >= 15 is 0 Å². The van der Waals surface area contributed by atoms with Gasteiger partial charge in [-0.15, -0.1) is 0 Å². The van der Waals surface area contributed by atoms with Crippen LogP contribution in [-0.2, 0) is 9.47 Å². The molecular weight excluding hydrogens is 140 g/mol. The fourth-order valence-electron chi connectivity index (χ4n) is 1.19. The molecule has 0 unspecified atom stereocenters. The van der Waals surface area contributed by atoms with Crippen LogP contribution in [0.4, 0.5) is 0 Å². The van der Waals surface area contributed by atoms with Gasteiger partial charge < -0.3 is 9.47 Å². The van der Waals surface area contributed by atoms with Crippen LogP contribution in [0.1, 0.15) is 25.7 Å². The average Bonchev–Trinajstić information content (AvgIpc) is 2.07. The van der Waals surface area contributed by atoms with E-state index in [0.29, 0.717) is 6.10 Å². The average molecular weight is 157 g/mol.